The minimum Gasteiger partial charge on any atom is -0.497 e. The predicted octanol–water partition coefficient (Wildman–Crippen LogP) is 6.46. The van der Waals surface area contributed by atoms with Gasteiger partial charge in [0.25, 0.3) is 10.0 Å². The molecule has 1 saturated carbocycles. The van der Waals surface area contributed by atoms with E-state index in [-0.39, 0.29) is 34.8 Å². The number of carbonyl (C=O) groups is 2. The maximum atomic E-state index is 14.4. The first-order chi connectivity index (χ1) is 21.6. The molecule has 0 heterocycles. The molecule has 242 valence electrons. The summed E-state index contributed by atoms with van der Waals surface area (Å²) in [5.41, 5.74) is 0.821. The number of hydrogen-bond donors (Lipinski definition) is 1. The molecule has 1 fully saturated rings. The first-order valence-electron chi connectivity index (χ1n) is 14.9. The molecule has 0 saturated heterocycles. The van der Waals surface area contributed by atoms with E-state index in [1.165, 1.54) is 43.4 Å². The number of sulfonamides is 1. The number of rotatable bonds is 13. The second kappa shape index (κ2) is 15.7. The van der Waals surface area contributed by atoms with E-state index in [0.29, 0.717) is 27.8 Å². The molecule has 3 aromatic rings. The molecule has 0 unspecified atom stereocenters. The van der Waals surface area contributed by atoms with Crippen LogP contribution in [0.4, 0.5) is 5.69 Å². The number of amides is 2. The van der Waals surface area contributed by atoms with Crippen LogP contribution >= 0.6 is 23.2 Å². The van der Waals surface area contributed by atoms with Crippen LogP contribution < -0.4 is 19.1 Å². The third-order valence-electron chi connectivity index (χ3n) is 7.95. The zero-order chi connectivity index (χ0) is 32.6. The van der Waals surface area contributed by atoms with Gasteiger partial charge in [-0.3, -0.25) is 13.9 Å². The summed E-state index contributed by atoms with van der Waals surface area (Å²) in [4.78, 5) is 29.5. The molecule has 1 N–H and O–H groups in total. The van der Waals surface area contributed by atoms with Gasteiger partial charge in [-0.25, -0.2) is 8.42 Å². The van der Waals surface area contributed by atoms with Crippen molar-refractivity contribution >= 4 is 50.7 Å². The number of methoxy groups -OCH3 is 2. The molecule has 1 atom stereocenters. The Morgan fingerprint density at radius 3 is 2.24 bits per heavy atom. The molecule has 0 bridgehead atoms. The van der Waals surface area contributed by atoms with Crippen molar-refractivity contribution in [2.75, 3.05) is 25.1 Å². The molecule has 0 aliphatic heterocycles. The lowest BCUT2D eigenvalue weighted by Gasteiger charge is -2.34. The highest BCUT2D eigenvalue weighted by molar-refractivity contribution is 7.92. The van der Waals surface area contributed by atoms with Gasteiger partial charge in [-0.15, -0.1) is 0 Å². The van der Waals surface area contributed by atoms with Crippen molar-refractivity contribution in [3.63, 3.8) is 0 Å². The van der Waals surface area contributed by atoms with Crippen molar-refractivity contribution in [2.45, 2.75) is 69.0 Å². The van der Waals surface area contributed by atoms with Crippen LogP contribution in [0.1, 0.15) is 51.0 Å². The van der Waals surface area contributed by atoms with Crippen LogP contribution in [0.2, 0.25) is 10.0 Å². The summed E-state index contributed by atoms with van der Waals surface area (Å²) >= 11 is 12.5. The smallest absolute Gasteiger partial charge is 0.264 e. The molecule has 0 aromatic heterocycles. The standard InChI is InChI=1S/C33H39Cl2N3O6S/c1-4-29(33(40)36-24-10-6-5-7-11-24)37(21-23-14-19-27(34)28(35)20-23)32(39)22-38(30-12-8-9-13-31(30)44-3)45(41,42)26-17-15-25(43-2)16-18-26/h8-9,12-20,24,29H,4-7,10-11,21-22H2,1-3H3,(H,36,40)/t29-/m0/s1. The fourth-order valence-corrected chi connectivity index (χ4v) is 7.27. The summed E-state index contributed by atoms with van der Waals surface area (Å²) in [6, 6.07) is 16.6. The van der Waals surface area contributed by atoms with Crippen molar-refractivity contribution in [1.82, 2.24) is 10.2 Å². The number of hydrogen-bond acceptors (Lipinski definition) is 6. The molecule has 2 amide bonds. The van der Waals surface area contributed by atoms with Gasteiger partial charge >= 0.3 is 0 Å². The average Bonchev–Trinajstić information content (AvgIpc) is 3.05. The van der Waals surface area contributed by atoms with E-state index in [4.69, 9.17) is 32.7 Å². The Kier molecular flexibility index (Phi) is 12.0. The van der Waals surface area contributed by atoms with Crippen molar-refractivity contribution < 1.29 is 27.5 Å². The van der Waals surface area contributed by atoms with Crippen LogP contribution in [0.3, 0.4) is 0 Å². The maximum Gasteiger partial charge on any atom is 0.264 e. The van der Waals surface area contributed by atoms with Gasteiger partial charge in [0.15, 0.2) is 0 Å². The second-order valence-corrected chi connectivity index (χ2v) is 13.6. The SMILES string of the molecule is CC[C@@H](C(=O)NC1CCCCC1)N(Cc1ccc(Cl)c(Cl)c1)C(=O)CN(c1ccccc1OC)S(=O)(=O)c1ccc(OC)cc1. The predicted molar refractivity (Wildman–Crippen MR) is 177 cm³/mol. The maximum absolute atomic E-state index is 14.4. The monoisotopic (exact) mass is 675 g/mol. The van der Waals surface area contributed by atoms with Crippen LogP contribution in [0.15, 0.2) is 71.6 Å². The minimum absolute atomic E-state index is 0.00859. The summed E-state index contributed by atoms with van der Waals surface area (Å²) in [5.74, 6) is -0.105. The van der Waals surface area contributed by atoms with Crippen LogP contribution in [0.25, 0.3) is 0 Å². The van der Waals surface area contributed by atoms with Gasteiger partial charge in [0.05, 0.1) is 34.8 Å². The first kappa shape index (κ1) is 34.4. The first-order valence-corrected chi connectivity index (χ1v) is 17.1. The highest BCUT2D eigenvalue weighted by atomic mass is 35.5. The number of nitrogens with zero attached hydrogens (tertiary/aromatic N) is 2. The highest BCUT2D eigenvalue weighted by Gasteiger charge is 2.35. The Labute approximate surface area is 275 Å². The molecule has 45 heavy (non-hydrogen) atoms. The lowest BCUT2D eigenvalue weighted by Crippen LogP contribution is -2.54. The summed E-state index contributed by atoms with van der Waals surface area (Å²) in [5, 5.41) is 3.80. The van der Waals surface area contributed by atoms with Gasteiger partial charge in [-0.05, 0) is 73.4 Å². The van der Waals surface area contributed by atoms with Crippen molar-refractivity contribution in [3.05, 3.63) is 82.3 Å². The van der Waals surface area contributed by atoms with Gasteiger partial charge in [-0.1, -0.05) is 67.6 Å². The largest absolute Gasteiger partial charge is 0.497 e. The zero-order valence-electron chi connectivity index (χ0n) is 25.7. The van der Waals surface area contributed by atoms with Gasteiger partial charge in [0, 0.05) is 12.6 Å². The third kappa shape index (κ3) is 8.42. The molecule has 0 radical (unpaired) electrons. The Morgan fingerprint density at radius 2 is 1.62 bits per heavy atom. The van der Waals surface area contributed by atoms with E-state index in [2.05, 4.69) is 5.32 Å². The average molecular weight is 677 g/mol. The molecule has 3 aromatic carbocycles. The minimum atomic E-state index is -4.29. The highest BCUT2D eigenvalue weighted by Crippen LogP contribution is 2.33. The number of nitrogens with one attached hydrogen (secondary N) is 1. The quantitative estimate of drug-likeness (QED) is 0.223. The number of carbonyl (C=O) groups excluding carboxylic acids is 2. The van der Waals surface area contributed by atoms with Crippen molar-refractivity contribution in [2.24, 2.45) is 0 Å². The van der Waals surface area contributed by atoms with Gasteiger partial charge in [-0.2, -0.15) is 0 Å². The molecular formula is C33H39Cl2N3O6S. The zero-order valence-corrected chi connectivity index (χ0v) is 28.0. The summed E-state index contributed by atoms with van der Waals surface area (Å²) < 4.78 is 40.1. The van der Waals surface area contributed by atoms with Crippen molar-refractivity contribution in [1.29, 1.82) is 0 Å². The summed E-state index contributed by atoms with van der Waals surface area (Å²) in [7, 11) is -1.37. The van der Waals surface area contributed by atoms with E-state index in [1.807, 2.05) is 6.92 Å². The van der Waals surface area contributed by atoms with Gasteiger partial charge in [0.2, 0.25) is 11.8 Å². The molecule has 12 heteroatoms. The number of anilines is 1. The lowest BCUT2D eigenvalue weighted by molar-refractivity contribution is -0.140. The van der Waals surface area contributed by atoms with E-state index < -0.39 is 28.5 Å². The van der Waals surface area contributed by atoms with E-state index in [1.54, 1.807) is 42.5 Å². The number of para-hydroxylation sites is 2. The number of benzene rings is 3. The Hall–Kier alpha value is -3.47. The topological polar surface area (TPSA) is 105 Å². The van der Waals surface area contributed by atoms with Crippen molar-refractivity contribution in [3.8, 4) is 11.5 Å². The van der Waals surface area contributed by atoms with Gasteiger partial charge < -0.3 is 19.7 Å². The fraction of sp³-hybridized carbons (Fsp3) is 0.394. The molecule has 1 aliphatic carbocycles. The fourth-order valence-electron chi connectivity index (χ4n) is 5.52. The van der Waals surface area contributed by atoms with Crippen LogP contribution in [-0.4, -0.2) is 58.0 Å². The Bertz CT molecular complexity index is 1580. The molecule has 4 rings (SSSR count). The molecule has 0 spiro atoms. The molecule has 1 aliphatic rings. The van der Waals surface area contributed by atoms with Crippen LogP contribution in [0, 0.1) is 0 Å². The van der Waals surface area contributed by atoms with Crippen LogP contribution in [-0.2, 0) is 26.2 Å². The lowest BCUT2D eigenvalue weighted by atomic mass is 9.95. The summed E-state index contributed by atoms with van der Waals surface area (Å²) in [6.07, 6.45) is 5.27. The Morgan fingerprint density at radius 1 is 0.933 bits per heavy atom. The van der Waals surface area contributed by atoms with E-state index in [0.717, 1.165) is 36.4 Å². The van der Waals surface area contributed by atoms with E-state index >= 15 is 0 Å². The number of ether oxygens (including phenoxy) is 2. The molecule has 9 nitrogen and oxygen atoms in total. The normalized spacial score (nSPS) is 14.3. The third-order valence-corrected chi connectivity index (χ3v) is 10.5. The van der Waals surface area contributed by atoms with Crippen LogP contribution in [0.5, 0.6) is 11.5 Å². The Balaban J connectivity index is 1.75. The molecular weight excluding hydrogens is 637 g/mol. The second-order valence-electron chi connectivity index (χ2n) is 10.9. The summed E-state index contributed by atoms with van der Waals surface area (Å²) in [6.45, 7) is 1.24. The number of halogens is 2. The van der Waals surface area contributed by atoms with Gasteiger partial charge in [0.1, 0.15) is 24.1 Å². The van der Waals surface area contributed by atoms with E-state index in [9.17, 15) is 18.0 Å².